The quantitative estimate of drug-likeness (QED) is 0.0214. The topological polar surface area (TPSA) is 94.1 Å². The summed E-state index contributed by atoms with van der Waals surface area (Å²) in [5, 5.41) is 0. The van der Waals surface area contributed by atoms with E-state index in [9.17, 15) is 14.3 Å². The first-order chi connectivity index (χ1) is 23.1. The van der Waals surface area contributed by atoms with Gasteiger partial charge >= 0.3 is 5.97 Å². The molecule has 9 heteroatoms. The summed E-state index contributed by atoms with van der Waals surface area (Å²) in [6, 6.07) is 0. The Kier molecular flexibility index (Phi) is 32.0. The molecule has 0 bridgehead atoms. The number of hydrogen-bond acceptors (Lipinski definition) is 7. The van der Waals surface area contributed by atoms with E-state index in [4.69, 9.17) is 18.5 Å². The summed E-state index contributed by atoms with van der Waals surface area (Å²) in [5.74, 6) is -0.373. The predicted octanol–water partition coefficient (Wildman–Crippen LogP) is 10.0. The van der Waals surface area contributed by atoms with Gasteiger partial charge in [-0.3, -0.25) is 9.36 Å². The summed E-state index contributed by atoms with van der Waals surface area (Å²) in [5.41, 5.74) is 0. The second-order valence-electron chi connectivity index (χ2n) is 13.9. The molecule has 0 aromatic rings. The van der Waals surface area contributed by atoms with E-state index >= 15 is 0 Å². The summed E-state index contributed by atoms with van der Waals surface area (Å²) >= 11 is 0. The zero-order chi connectivity index (χ0) is 35.6. The van der Waals surface area contributed by atoms with Crippen molar-refractivity contribution in [2.75, 3.05) is 54.1 Å². The van der Waals surface area contributed by atoms with Gasteiger partial charge in [0.25, 0.3) is 7.82 Å². The molecule has 0 amide bonds. The van der Waals surface area contributed by atoms with E-state index in [1.165, 1.54) is 89.9 Å². The van der Waals surface area contributed by atoms with Crippen LogP contribution in [0.5, 0.6) is 0 Å². The van der Waals surface area contributed by atoms with Crippen molar-refractivity contribution in [3.63, 3.8) is 0 Å². The lowest BCUT2D eigenvalue weighted by atomic mass is 10.1. The normalized spacial score (nSPS) is 14.4. The van der Waals surface area contributed by atoms with Crippen molar-refractivity contribution in [3.05, 3.63) is 36.5 Å². The zero-order valence-corrected chi connectivity index (χ0v) is 32.6. The van der Waals surface area contributed by atoms with Crippen LogP contribution in [-0.2, 0) is 27.9 Å². The molecule has 0 N–H and O–H groups in total. The first kappa shape index (κ1) is 46.7. The summed E-state index contributed by atoms with van der Waals surface area (Å²) in [6.07, 6.45) is 37.0. The maximum absolute atomic E-state index is 12.2. The lowest BCUT2D eigenvalue weighted by Crippen LogP contribution is -2.37. The third-order valence-corrected chi connectivity index (χ3v) is 8.91. The van der Waals surface area contributed by atoms with E-state index in [1.54, 1.807) is 0 Å². The van der Waals surface area contributed by atoms with E-state index in [0.29, 0.717) is 17.6 Å². The van der Waals surface area contributed by atoms with E-state index in [1.807, 2.05) is 28.1 Å². The van der Waals surface area contributed by atoms with Crippen LogP contribution in [0, 0.1) is 0 Å². The number of nitrogens with zero attached hydrogens (tertiary/aromatic N) is 1. The van der Waals surface area contributed by atoms with Gasteiger partial charge in [-0.1, -0.05) is 127 Å². The van der Waals surface area contributed by atoms with Gasteiger partial charge in [0.15, 0.2) is 0 Å². The number of allylic oxidation sites excluding steroid dienone is 6. The molecular weight excluding hydrogens is 625 g/mol. The SMILES string of the molecule is CCCCCCC/C=C\C/C=C\C/C=C\CCCCCCCCCCCOCC(COP(=O)([O-])OCC[N+](C)(C)C)OC(=O)CCCC. The standard InChI is InChI=1S/C39H74NO7P/c1-6-8-10-11-12-13-14-15-16-17-18-19-20-21-22-23-24-25-26-27-28-29-30-31-34-44-36-38(47-39(41)32-9-7-2)37-46-48(42,43)45-35-33-40(3,4)5/h14-15,17-18,20-21,38H,6-13,16,19,22-37H2,1-5H3/b15-14-,18-17-,21-20-. The van der Waals surface area contributed by atoms with Gasteiger partial charge in [-0.2, -0.15) is 0 Å². The van der Waals surface area contributed by atoms with Crippen molar-refractivity contribution < 1.29 is 37.3 Å². The molecule has 0 aliphatic carbocycles. The third-order valence-electron chi connectivity index (χ3n) is 7.94. The largest absolute Gasteiger partial charge is 0.756 e. The molecule has 0 saturated carbocycles. The van der Waals surface area contributed by atoms with E-state index in [0.717, 1.165) is 38.5 Å². The molecule has 48 heavy (non-hydrogen) atoms. The van der Waals surface area contributed by atoms with Gasteiger partial charge in [0.2, 0.25) is 0 Å². The lowest BCUT2D eigenvalue weighted by molar-refractivity contribution is -0.870. The van der Waals surface area contributed by atoms with Gasteiger partial charge in [0.1, 0.15) is 19.3 Å². The summed E-state index contributed by atoms with van der Waals surface area (Å²) < 4.78 is 33.9. The van der Waals surface area contributed by atoms with E-state index in [2.05, 4.69) is 43.4 Å². The number of carbonyl (C=O) groups is 1. The molecule has 0 aliphatic rings. The minimum absolute atomic E-state index is 0.0234. The minimum Gasteiger partial charge on any atom is -0.756 e. The number of likely N-dealkylation sites (N-methyl/N-ethyl adjacent to an activating group) is 1. The number of carbonyl (C=O) groups excluding carboxylic acids is 1. The van der Waals surface area contributed by atoms with Gasteiger partial charge in [-0.25, -0.2) is 0 Å². The number of hydrogen-bond donors (Lipinski definition) is 0. The predicted molar refractivity (Wildman–Crippen MR) is 199 cm³/mol. The molecule has 0 aromatic heterocycles. The molecule has 8 nitrogen and oxygen atoms in total. The third kappa shape index (κ3) is 36.0. The monoisotopic (exact) mass is 700 g/mol. The molecule has 0 rings (SSSR count). The Labute approximate surface area is 295 Å². The maximum Gasteiger partial charge on any atom is 0.306 e. The first-order valence-electron chi connectivity index (χ1n) is 19.2. The molecule has 0 radical (unpaired) electrons. The van der Waals surface area contributed by atoms with Crippen molar-refractivity contribution in [1.82, 2.24) is 0 Å². The zero-order valence-electron chi connectivity index (χ0n) is 31.7. The highest BCUT2D eigenvalue weighted by Crippen LogP contribution is 2.38. The van der Waals surface area contributed by atoms with Crippen molar-refractivity contribution in [1.29, 1.82) is 0 Å². The molecule has 2 unspecified atom stereocenters. The fourth-order valence-electron chi connectivity index (χ4n) is 4.88. The van der Waals surface area contributed by atoms with Gasteiger partial charge < -0.3 is 27.9 Å². The van der Waals surface area contributed by atoms with E-state index in [-0.39, 0.29) is 32.2 Å². The Morgan fingerprint density at radius 2 is 1.15 bits per heavy atom. The summed E-state index contributed by atoms with van der Waals surface area (Å²) in [6.45, 7) is 5.12. The van der Waals surface area contributed by atoms with Crippen LogP contribution in [0.4, 0.5) is 0 Å². The fourth-order valence-corrected chi connectivity index (χ4v) is 5.61. The number of phosphoric acid groups is 1. The average Bonchev–Trinajstić information content (AvgIpc) is 3.03. The van der Waals surface area contributed by atoms with Crippen molar-refractivity contribution in [3.8, 4) is 0 Å². The second kappa shape index (κ2) is 32.9. The second-order valence-corrected chi connectivity index (χ2v) is 15.4. The number of quaternary nitrogens is 1. The molecule has 0 fully saturated rings. The van der Waals surface area contributed by atoms with Crippen LogP contribution in [0.1, 0.15) is 149 Å². The molecule has 0 aliphatic heterocycles. The number of unbranched alkanes of at least 4 members (excludes halogenated alkanes) is 15. The number of rotatable bonds is 35. The molecule has 0 aromatic carbocycles. The van der Waals surface area contributed by atoms with Crippen molar-refractivity contribution >= 4 is 13.8 Å². The maximum atomic E-state index is 12.2. The first-order valence-corrected chi connectivity index (χ1v) is 20.7. The minimum atomic E-state index is -4.50. The van der Waals surface area contributed by atoms with Gasteiger partial charge in [-0.05, 0) is 51.4 Å². The lowest BCUT2D eigenvalue weighted by Gasteiger charge is -2.28. The molecular formula is C39H74NO7P. The van der Waals surface area contributed by atoms with Gasteiger partial charge in [0.05, 0.1) is 34.4 Å². The molecule has 2 atom stereocenters. The number of ether oxygens (including phenoxy) is 2. The van der Waals surface area contributed by atoms with Crippen LogP contribution in [-0.4, -0.2) is 70.7 Å². The molecule has 0 saturated heterocycles. The van der Waals surface area contributed by atoms with Crippen molar-refractivity contribution in [2.45, 2.75) is 155 Å². The Balaban J connectivity index is 3.85. The summed E-state index contributed by atoms with van der Waals surface area (Å²) in [4.78, 5) is 24.3. The molecule has 282 valence electrons. The highest BCUT2D eigenvalue weighted by Gasteiger charge is 2.20. The Hall–Kier alpha value is -1.28. The van der Waals surface area contributed by atoms with Crippen LogP contribution in [0.25, 0.3) is 0 Å². The fraction of sp³-hybridized carbons (Fsp3) is 0.821. The van der Waals surface area contributed by atoms with E-state index < -0.39 is 13.9 Å². The highest BCUT2D eigenvalue weighted by molar-refractivity contribution is 7.45. The van der Waals surface area contributed by atoms with Crippen LogP contribution < -0.4 is 4.89 Å². The summed E-state index contributed by atoms with van der Waals surface area (Å²) in [7, 11) is 1.34. The van der Waals surface area contributed by atoms with Gasteiger partial charge in [0, 0.05) is 13.0 Å². The van der Waals surface area contributed by atoms with Crippen LogP contribution >= 0.6 is 7.82 Å². The highest BCUT2D eigenvalue weighted by atomic mass is 31.2. The van der Waals surface area contributed by atoms with Crippen LogP contribution in [0.2, 0.25) is 0 Å². The molecule has 0 spiro atoms. The van der Waals surface area contributed by atoms with Crippen LogP contribution in [0.15, 0.2) is 36.5 Å². The van der Waals surface area contributed by atoms with Crippen molar-refractivity contribution in [2.24, 2.45) is 0 Å². The smallest absolute Gasteiger partial charge is 0.306 e. The Bertz CT molecular complexity index is 869. The van der Waals surface area contributed by atoms with Gasteiger partial charge in [-0.15, -0.1) is 0 Å². The Morgan fingerprint density at radius 3 is 1.69 bits per heavy atom. The van der Waals surface area contributed by atoms with Crippen LogP contribution in [0.3, 0.4) is 0 Å². The molecule has 0 heterocycles. The number of phosphoric ester groups is 1. The number of esters is 1. The Morgan fingerprint density at radius 1 is 0.646 bits per heavy atom. The average molecular weight is 700 g/mol.